The van der Waals surface area contributed by atoms with Crippen LogP contribution in [0.15, 0.2) is 12.4 Å². The van der Waals surface area contributed by atoms with Crippen LogP contribution in [0.4, 0.5) is 0 Å². The fraction of sp³-hybridized carbons (Fsp3) is 0.750. The number of nitrogens with two attached hydrogens (primary N) is 1. The monoisotopic (exact) mass is 140 g/mol. The van der Waals surface area contributed by atoms with E-state index in [1.807, 2.05) is 0 Å². The van der Waals surface area contributed by atoms with Gasteiger partial charge in [0.1, 0.15) is 0 Å². The predicted molar refractivity (Wildman–Crippen MR) is 43.4 cm³/mol. The summed E-state index contributed by atoms with van der Waals surface area (Å²) in [5, 5.41) is 0. The molecule has 2 heteroatoms. The van der Waals surface area contributed by atoms with Gasteiger partial charge in [0.05, 0.1) is 5.82 Å². The number of hydrogen-bond acceptors (Lipinski definition) is 2. The molecule has 0 aliphatic carbocycles. The molecule has 2 nitrogen and oxygen atoms in total. The third-order valence-electron chi connectivity index (χ3n) is 2.01. The number of rotatable bonds is 1. The maximum atomic E-state index is 5.57. The summed E-state index contributed by atoms with van der Waals surface area (Å²) < 4.78 is 0. The van der Waals surface area contributed by atoms with Gasteiger partial charge in [-0.05, 0) is 12.8 Å². The first kappa shape index (κ1) is 7.45. The summed E-state index contributed by atoms with van der Waals surface area (Å²) >= 11 is 0. The lowest BCUT2D eigenvalue weighted by atomic mass is 10.2. The highest BCUT2D eigenvalue weighted by atomic mass is 15.2. The summed E-state index contributed by atoms with van der Waals surface area (Å²) in [6.45, 7) is 5.94. The summed E-state index contributed by atoms with van der Waals surface area (Å²) in [6, 6.07) is 0. The molecule has 0 radical (unpaired) electrons. The molecule has 1 fully saturated rings. The van der Waals surface area contributed by atoms with Crippen LogP contribution >= 0.6 is 0 Å². The Hall–Kier alpha value is -0.660. The van der Waals surface area contributed by atoms with Gasteiger partial charge in [0, 0.05) is 13.1 Å². The van der Waals surface area contributed by atoms with E-state index in [9.17, 15) is 0 Å². The minimum Gasteiger partial charge on any atom is -0.386 e. The highest BCUT2D eigenvalue weighted by Crippen LogP contribution is 2.10. The Morgan fingerprint density at radius 1 is 1.10 bits per heavy atom. The lowest BCUT2D eigenvalue weighted by Crippen LogP contribution is -2.27. The fourth-order valence-electron chi connectivity index (χ4n) is 1.36. The average Bonchev–Trinajstić information content (AvgIpc) is 2.12. The van der Waals surface area contributed by atoms with Crippen molar-refractivity contribution in [2.24, 2.45) is 5.73 Å². The Morgan fingerprint density at radius 2 is 1.60 bits per heavy atom. The van der Waals surface area contributed by atoms with Crippen LogP contribution in [0.1, 0.15) is 25.7 Å². The lowest BCUT2D eigenvalue weighted by molar-refractivity contribution is 0.356. The second-order valence-electron chi connectivity index (χ2n) is 2.89. The fourth-order valence-corrected chi connectivity index (χ4v) is 1.36. The van der Waals surface area contributed by atoms with Gasteiger partial charge < -0.3 is 10.6 Å². The quantitative estimate of drug-likeness (QED) is 0.594. The van der Waals surface area contributed by atoms with Crippen molar-refractivity contribution in [3.8, 4) is 0 Å². The molecule has 0 amide bonds. The van der Waals surface area contributed by atoms with E-state index >= 15 is 0 Å². The lowest BCUT2D eigenvalue weighted by Gasteiger charge is -2.20. The Labute approximate surface area is 62.7 Å². The van der Waals surface area contributed by atoms with E-state index in [1.165, 1.54) is 25.7 Å². The van der Waals surface area contributed by atoms with E-state index in [0.29, 0.717) is 0 Å². The van der Waals surface area contributed by atoms with Crippen molar-refractivity contribution >= 4 is 0 Å². The van der Waals surface area contributed by atoms with E-state index < -0.39 is 0 Å². The molecule has 0 bridgehead atoms. The molecular formula is C8H16N2. The molecule has 1 aliphatic rings. The molecule has 0 aromatic carbocycles. The van der Waals surface area contributed by atoms with Crippen molar-refractivity contribution in [2.75, 3.05) is 13.1 Å². The SMILES string of the molecule is C=C(N)N1CCCCCC1. The molecule has 0 aromatic rings. The zero-order valence-corrected chi connectivity index (χ0v) is 6.47. The van der Waals surface area contributed by atoms with E-state index in [2.05, 4.69) is 11.5 Å². The van der Waals surface area contributed by atoms with E-state index in [4.69, 9.17) is 5.73 Å². The van der Waals surface area contributed by atoms with Gasteiger partial charge in [0.2, 0.25) is 0 Å². The molecule has 1 saturated heterocycles. The van der Waals surface area contributed by atoms with Gasteiger partial charge in [-0.25, -0.2) is 0 Å². The van der Waals surface area contributed by atoms with Crippen LogP contribution in [0, 0.1) is 0 Å². The summed E-state index contributed by atoms with van der Waals surface area (Å²) in [5.41, 5.74) is 5.57. The summed E-state index contributed by atoms with van der Waals surface area (Å²) in [4.78, 5) is 2.17. The van der Waals surface area contributed by atoms with Crippen molar-refractivity contribution in [3.63, 3.8) is 0 Å². The molecule has 58 valence electrons. The minimum atomic E-state index is 0.738. The number of nitrogens with zero attached hydrogens (tertiary/aromatic N) is 1. The van der Waals surface area contributed by atoms with Crippen molar-refractivity contribution in [3.05, 3.63) is 12.4 Å². The average molecular weight is 140 g/mol. The Balaban J connectivity index is 2.35. The molecular weight excluding hydrogens is 124 g/mol. The second-order valence-corrected chi connectivity index (χ2v) is 2.89. The molecule has 0 spiro atoms. The second kappa shape index (κ2) is 3.49. The summed E-state index contributed by atoms with van der Waals surface area (Å²) in [6.07, 6.45) is 5.25. The largest absolute Gasteiger partial charge is 0.386 e. The molecule has 2 N–H and O–H groups in total. The first-order chi connectivity index (χ1) is 4.80. The van der Waals surface area contributed by atoms with Gasteiger partial charge >= 0.3 is 0 Å². The molecule has 0 atom stereocenters. The summed E-state index contributed by atoms with van der Waals surface area (Å²) in [5.74, 6) is 0.738. The van der Waals surface area contributed by atoms with Gasteiger partial charge in [-0.3, -0.25) is 0 Å². The maximum Gasteiger partial charge on any atom is 0.0912 e. The van der Waals surface area contributed by atoms with Crippen LogP contribution in [0.25, 0.3) is 0 Å². The molecule has 1 heterocycles. The van der Waals surface area contributed by atoms with Crippen LogP contribution in [-0.4, -0.2) is 18.0 Å². The molecule has 0 aromatic heterocycles. The minimum absolute atomic E-state index is 0.738. The van der Waals surface area contributed by atoms with Crippen molar-refractivity contribution in [1.82, 2.24) is 4.90 Å². The van der Waals surface area contributed by atoms with Crippen molar-refractivity contribution < 1.29 is 0 Å². The molecule has 10 heavy (non-hydrogen) atoms. The third kappa shape index (κ3) is 1.94. The van der Waals surface area contributed by atoms with E-state index in [-0.39, 0.29) is 0 Å². The first-order valence-corrected chi connectivity index (χ1v) is 4.00. The molecule has 0 unspecified atom stereocenters. The highest BCUT2D eigenvalue weighted by molar-refractivity contribution is 4.87. The van der Waals surface area contributed by atoms with Crippen LogP contribution < -0.4 is 5.73 Å². The van der Waals surface area contributed by atoms with Crippen molar-refractivity contribution in [1.29, 1.82) is 0 Å². The zero-order chi connectivity index (χ0) is 7.40. The van der Waals surface area contributed by atoms with Gasteiger partial charge in [0.25, 0.3) is 0 Å². The maximum absolute atomic E-state index is 5.57. The van der Waals surface area contributed by atoms with Gasteiger partial charge in [-0.15, -0.1) is 0 Å². The van der Waals surface area contributed by atoms with Crippen LogP contribution in [-0.2, 0) is 0 Å². The highest BCUT2D eigenvalue weighted by Gasteiger charge is 2.07. The van der Waals surface area contributed by atoms with Crippen LogP contribution in [0.2, 0.25) is 0 Å². The topological polar surface area (TPSA) is 29.3 Å². The molecule has 0 saturated carbocycles. The summed E-state index contributed by atoms with van der Waals surface area (Å²) in [7, 11) is 0. The predicted octanol–water partition coefficient (Wildman–Crippen LogP) is 1.29. The number of likely N-dealkylation sites (tertiary alicyclic amines) is 1. The molecule has 1 aliphatic heterocycles. The Bertz CT molecular complexity index is 112. The van der Waals surface area contributed by atoms with E-state index in [0.717, 1.165) is 18.9 Å². The van der Waals surface area contributed by atoms with Gasteiger partial charge in [-0.1, -0.05) is 19.4 Å². The van der Waals surface area contributed by atoms with Crippen LogP contribution in [0.5, 0.6) is 0 Å². The molecule has 1 rings (SSSR count). The Kier molecular flexibility index (Phi) is 2.60. The van der Waals surface area contributed by atoms with Gasteiger partial charge in [-0.2, -0.15) is 0 Å². The van der Waals surface area contributed by atoms with Crippen molar-refractivity contribution in [2.45, 2.75) is 25.7 Å². The number of hydrogen-bond donors (Lipinski definition) is 1. The zero-order valence-electron chi connectivity index (χ0n) is 6.47. The van der Waals surface area contributed by atoms with Gasteiger partial charge in [0.15, 0.2) is 0 Å². The first-order valence-electron chi connectivity index (χ1n) is 4.00. The van der Waals surface area contributed by atoms with E-state index in [1.54, 1.807) is 0 Å². The Morgan fingerprint density at radius 3 is 2.00 bits per heavy atom. The third-order valence-corrected chi connectivity index (χ3v) is 2.01. The normalized spacial score (nSPS) is 20.2. The van der Waals surface area contributed by atoms with Crippen LogP contribution in [0.3, 0.4) is 0 Å². The smallest absolute Gasteiger partial charge is 0.0912 e. The standard InChI is InChI=1S/C8H16N2/c1-8(9)10-6-4-2-3-5-7-10/h1-7,9H2.